The molecule has 1 N–H and O–H groups in total. The van der Waals surface area contributed by atoms with Crippen LogP contribution >= 0.6 is 11.6 Å². The van der Waals surface area contributed by atoms with E-state index in [0.29, 0.717) is 23.0 Å². The third-order valence-corrected chi connectivity index (χ3v) is 6.47. The van der Waals surface area contributed by atoms with E-state index in [4.69, 9.17) is 16.3 Å². The summed E-state index contributed by atoms with van der Waals surface area (Å²) in [5, 5.41) is 3.48. The predicted molar refractivity (Wildman–Crippen MR) is 113 cm³/mol. The molecule has 0 saturated heterocycles. The van der Waals surface area contributed by atoms with Crippen molar-refractivity contribution < 1.29 is 14.3 Å². The second-order valence-electron chi connectivity index (χ2n) is 7.88. The van der Waals surface area contributed by atoms with Crippen molar-refractivity contribution in [2.45, 2.75) is 45.2 Å². The van der Waals surface area contributed by atoms with Crippen molar-refractivity contribution in [2.24, 2.45) is 5.92 Å². The zero-order chi connectivity index (χ0) is 20.5. The molecule has 1 heterocycles. The van der Waals surface area contributed by atoms with Crippen LogP contribution in [0.15, 0.2) is 36.4 Å². The maximum atomic E-state index is 12.8. The van der Waals surface area contributed by atoms with Gasteiger partial charge < -0.3 is 15.0 Å². The van der Waals surface area contributed by atoms with E-state index in [1.165, 1.54) is 5.56 Å². The van der Waals surface area contributed by atoms with E-state index < -0.39 is 0 Å². The number of anilines is 1. The Bertz CT molecular complexity index is 951. The molecule has 0 radical (unpaired) electrons. The lowest BCUT2D eigenvalue weighted by atomic mass is 9.84. The predicted octanol–water partition coefficient (Wildman–Crippen LogP) is 4.81. The van der Waals surface area contributed by atoms with E-state index >= 15 is 0 Å². The fourth-order valence-electron chi connectivity index (χ4n) is 4.44. The summed E-state index contributed by atoms with van der Waals surface area (Å²) in [6, 6.07) is 11.3. The van der Waals surface area contributed by atoms with Crippen LogP contribution < -0.4 is 10.1 Å². The van der Waals surface area contributed by atoms with E-state index in [1.54, 1.807) is 25.3 Å². The van der Waals surface area contributed by atoms with E-state index in [0.717, 1.165) is 36.8 Å². The summed E-state index contributed by atoms with van der Waals surface area (Å²) in [6.07, 6.45) is 3.25. The molecule has 0 unspecified atom stereocenters. The molecule has 0 bridgehead atoms. The number of amides is 2. The van der Waals surface area contributed by atoms with Gasteiger partial charge in [0.2, 0.25) is 5.91 Å². The van der Waals surface area contributed by atoms with Gasteiger partial charge in [0.25, 0.3) is 5.91 Å². The number of fused-ring (bicyclic) bond motifs is 1. The lowest BCUT2D eigenvalue weighted by Gasteiger charge is -2.34. The van der Waals surface area contributed by atoms with Crippen molar-refractivity contribution in [2.75, 3.05) is 12.4 Å². The number of hydrogen-bond acceptors (Lipinski definition) is 3. The summed E-state index contributed by atoms with van der Waals surface area (Å²) in [4.78, 5) is 27.5. The minimum absolute atomic E-state index is 0.0136. The minimum atomic E-state index is -0.0465. The zero-order valence-electron chi connectivity index (χ0n) is 16.7. The van der Waals surface area contributed by atoms with Gasteiger partial charge in [0.1, 0.15) is 5.75 Å². The van der Waals surface area contributed by atoms with Crippen molar-refractivity contribution in [3.8, 4) is 5.75 Å². The van der Waals surface area contributed by atoms with Crippen molar-refractivity contribution in [1.29, 1.82) is 0 Å². The fourth-order valence-corrected chi connectivity index (χ4v) is 4.63. The third kappa shape index (κ3) is 3.84. The van der Waals surface area contributed by atoms with Crippen LogP contribution in [0.25, 0.3) is 0 Å². The normalized spacial score (nSPS) is 21.1. The third-order valence-electron chi connectivity index (χ3n) is 6.16. The quantitative estimate of drug-likeness (QED) is 0.783. The highest BCUT2D eigenvalue weighted by molar-refractivity contribution is 6.32. The number of nitrogens with one attached hydrogen (secondary N) is 1. The van der Waals surface area contributed by atoms with E-state index in [1.807, 2.05) is 17.0 Å². The van der Waals surface area contributed by atoms with Gasteiger partial charge in [-0.25, -0.2) is 0 Å². The van der Waals surface area contributed by atoms with E-state index in [-0.39, 0.29) is 23.8 Å². The van der Waals surface area contributed by atoms with Crippen molar-refractivity contribution in [3.63, 3.8) is 0 Å². The monoisotopic (exact) mass is 412 g/mol. The topological polar surface area (TPSA) is 58.6 Å². The fraction of sp³-hybridized carbons (Fsp3) is 0.391. The molecule has 5 nitrogen and oxygen atoms in total. The smallest absolute Gasteiger partial charge is 0.254 e. The number of halogens is 1. The zero-order valence-corrected chi connectivity index (χ0v) is 17.5. The number of benzene rings is 2. The number of methoxy groups -OCH3 is 1. The number of aryl methyl sites for hydroxylation is 1. The number of rotatable bonds is 4. The number of carbonyl (C=O) groups excluding carboxylic acids is 2. The first-order chi connectivity index (χ1) is 14.0. The molecule has 2 aliphatic rings. The molecule has 1 saturated carbocycles. The van der Waals surface area contributed by atoms with Crippen molar-refractivity contribution >= 4 is 29.1 Å². The first kappa shape index (κ1) is 19.8. The van der Waals surface area contributed by atoms with E-state index in [9.17, 15) is 9.59 Å². The molecule has 0 atom stereocenters. The number of carbonyl (C=O) groups is 2. The van der Waals surface area contributed by atoms with Crippen LogP contribution in [0.1, 0.15) is 47.2 Å². The van der Waals surface area contributed by atoms with Crippen LogP contribution in [-0.4, -0.2) is 29.9 Å². The molecule has 6 heteroatoms. The minimum Gasteiger partial charge on any atom is -0.495 e. The molecule has 2 aromatic rings. The standard InChI is InChI=1S/C23H25ClN2O3/c1-14-4-3-5-18-19(14)13-26(23(18)28)17-9-6-15(7-10-17)22(27)25-16-8-11-20(24)21(12-16)29-2/h3-5,8,11-12,15,17H,6-7,9-10,13H2,1-2H3,(H,25,27). The Labute approximate surface area is 176 Å². The van der Waals surface area contributed by atoms with Gasteiger partial charge in [0.05, 0.1) is 12.1 Å². The second kappa shape index (κ2) is 8.07. The van der Waals surface area contributed by atoms with Gasteiger partial charge in [-0.2, -0.15) is 0 Å². The molecule has 2 aromatic carbocycles. The maximum Gasteiger partial charge on any atom is 0.254 e. The molecule has 0 spiro atoms. The second-order valence-corrected chi connectivity index (χ2v) is 8.29. The Morgan fingerprint density at radius 1 is 1.17 bits per heavy atom. The molecule has 1 aliphatic heterocycles. The molecule has 2 amide bonds. The highest BCUT2D eigenvalue weighted by atomic mass is 35.5. The lowest BCUT2D eigenvalue weighted by molar-refractivity contribution is -0.121. The van der Waals surface area contributed by atoms with Gasteiger partial charge in [0, 0.05) is 35.8 Å². The Morgan fingerprint density at radius 3 is 2.62 bits per heavy atom. The van der Waals surface area contributed by atoms with Crippen LogP contribution in [0.2, 0.25) is 5.02 Å². The number of hydrogen-bond donors (Lipinski definition) is 1. The molecular weight excluding hydrogens is 388 g/mol. The first-order valence-electron chi connectivity index (χ1n) is 10.0. The van der Waals surface area contributed by atoms with Crippen LogP contribution in [0, 0.1) is 12.8 Å². The van der Waals surface area contributed by atoms with Gasteiger partial charge in [-0.15, -0.1) is 0 Å². The molecular formula is C23H25ClN2O3. The van der Waals surface area contributed by atoms with Gasteiger partial charge in [0.15, 0.2) is 0 Å². The molecule has 152 valence electrons. The Morgan fingerprint density at radius 2 is 1.93 bits per heavy atom. The molecule has 29 heavy (non-hydrogen) atoms. The van der Waals surface area contributed by atoms with Gasteiger partial charge in [-0.3, -0.25) is 9.59 Å². The van der Waals surface area contributed by atoms with Crippen LogP contribution in [-0.2, 0) is 11.3 Å². The highest BCUT2D eigenvalue weighted by Gasteiger charge is 2.36. The summed E-state index contributed by atoms with van der Waals surface area (Å²) in [5.41, 5.74) is 3.83. The van der Waals surface area contributed by atoms with Gasteiger partial charge in [-0.1, -0.05) is 23.7 Å². The summed E-state index contributed by atoms with van der Waals surface area (Å²) in [6.45, 7) is 2.75. The molecule has 4 rings (SSSR count). The summed E-state index contributed by atoms with van der Waals surface area (Å²) in [5.74, 6) is 0.634. The van der Waals surface area contributed by atoms with Crippen molar-refractivity contribution in [1.82, 2.24) is 4.90 Å². The van der Waals surface area contributed by atoms with Gasteiger partial charge in [-0.05, 0) is 61.9 Å². The average Bonchev–Trinajstić information content (AvgIpc) is 3.07. The molecule has 0 aromatic heterocycles. The van der Waals surface area contributed by atoms with Crippen LogP contribution in [0.5, 0.6) is 5.75 Å². The van der Waals surface area contributed by atoms with Gasteiger partial charge >= 0.3 is 0 Å². The first-order valence-corrected chi connectivity index (χ1v) is 10.4. The van der Waals surface area contributed by atoms with E-state index in [2.05, 4.69) is 18.3 Å². The Balaban J connectivity index is 1.36. The molecule has 1 aliphatic carbocycles. The molecule has 1 fully saturated rings. The number of nitrogens with zero attached hydrogens (tertiary/aromatic N) is 1. The average molecular weight is 413 g/mol. The lowest BCUT2D eigenvalue weighted by Crippen LogP contribution is -2.40. The highest BCUT2D eigenvalue weighted by Crippen LogP contribution is 2.35. The van der Waals surface area contributed by atoms with Crippen LogP contribution in [0.3, 0.4) is 0 Å². The summed E-state index contributed by atoms with van der Waals surface area (Å²) >= 11 is 6.05. The Kier molecular flexibility index (Phi) is 5.50. The summed E-state index contributed by atoms with van der Waals surface area (Å²) < 4.78 is 5.21. The summed E-state index contributed by atoms with van der Waals surface area (Å²) in [7, 11) is 1.55. The van der Waals surface area contributed by atoms with Crippen LogP contribution in [0.4, 0.5) is 5.69 Å². The van der Waals surface area contributed by atoms with Crippen molar-refractivity contribution in [3.05, 3.63) is 58.1 Å². The number of ether oxygens (including phenoxy) is 1. The SMILES string of the molecule is COc1cc(NC(=O)C2CCC(N3Cc4c(C)cccc4C3=O)CC2)ccc1Cl. The maximum absolute atomic E-state index is 12.8. The largest absolute Gasteiger partial charge is 0.495 e. The Hall–Kier alpha value is -2.53.